The molecule has 0 aliphatic carbocycles. The number of sulfonamides is 1. The number of hydrogen-bond donors (Lipinski definition) is 1. The van der Waals surface area contributed by atoms with Crippen molar-refractivity contribution >= 4 is 10.0 Å². The van der Waals surface area contributed by atoms with E-state index < -0.39 is 10.0 Å². The molecule has 0 radical (unpaired) electrons. The summed E-state index contributed by atoms with van der Waals surface area (Å²) in [6, 6.07) is -0.268. The smallest absolute Gasteiger partial charge is 0.214 e. The minimum atomic E-state index is -3.06. The van der Waals surface area contributed by atoms with E-state index in [9.17, 15) is 8.42 Å². The third-order valence-corrected chi connectivity index (χ3v) is 4.21. The van der Waals surface area contributed by atoms with Crippen LogP contribution in [0.15, 0.2) is 0 Å². The van der Waals surface area contributed by atoms with Crippen molar-refractivity contribution in [1.29, 1.82) is 0 Å². The van der Waals surface area contributed by atoms with Crippen molar-refractivity contribution in [3.05, 3.63) is 0 Å². The Kier molecular flexibility index (Phi) is 3.09. The van der Waals surface area contributed by atoms with Gasteiger partial charge in [0.25, 0.3) is 0 Å². The first-order valence-electron chi connectivity index (χ1n) is 4.18. The summed E-state index contributed by atoms with van der Waals surface area (Å²) in [5, 5.41) is 8.81. The van der Waals surface area contributed by atoms with Crippen LogP contribution in [0.1, 0.15) is 19.8 Å². The standard InChI is InChI=1S/C7H15NO3S/c1-7(6-9)8-4-2-3-5-12(8,10)11/h7,9H,2-6H2,1H3. The molecular formula is C7H15NO3S. The molecular weight excluding hydrogens is 178 g/mol. The highest BCUT2D eigenvalue weighted by atomic mass is 32.2. The molecule has 0 aromatic carbocycles. The van der Waals surface area contributed by atoms with Crippen molar-refractivity contribution in [2.75, 3.05) is 18.9 Å². The molecule has 1 heterocycles. The number of nitrogens with zero attached hydrogens (tertiary/aromatic N) is 1. The lowest BCUT2D eigenvalue weighted by Gasteiger charge is -2.30. The molecule has 1 saturated heterocycles. The topological polar surface area (TPSA) is 57.6 Å². The molecule has 1 N–H and O–H groups in total. The summed E-state index contributed by atoms with van der Waals surface area (Å²) in [5.74, 6) is 0.233. The van der Waals surface area contributed by atoms with E-state index in [0.717, 1.165) is 12.8 Å². The molecule has 0 spiro atoms. The number of aliphatic hydroxyl groups is 1. The molecule has 1 aliphatic heterocycles. The van der Waals surface area contributed by atoms with Gasteiger partial charge in [0.15, 0.2) is 0 Å². The van der Waals surface area contributed by atoms with E-state index in [2.05, 4.69) is 0 Å². The lowest BCUT2D eigenvalue weighted by molar-refractivity contribution is 0.193. The van der Waals surface area contributed by atoms with E-state index in [1.807, 2.05) is 0 Å². The van der Waals surface area contributed by atoms with E-state index in [0.29, 0.717) is 6.54 Å². The largest absolute Gasteiger partial charge is 0.395 e. The van der Waals surface area contributed by atoms with Crippen LogP contribution >= 0.6 is 0 Å². The maximum absolute atomic E-state index is 11.4. The Labute approximate surface area is 73.2 Å². The average molecular weight is 193 g/mol. The highest BCUT2D eigenvalue weighted by Gasteiger charge is 2.29. The Morgan fingerprint density at radius 2 is 2.17 bits per heavy atom. The summed E-state index contributed by atoms with van der Waals surface area (Å²) in [7, 11) is -3.06. The van der Waals surface area contributed by atoms with Gasteiger partial charge in [-0.3, -0.25) is 0 Å². The number of rotatable bonds is 2. The van der Waals surface area contributed by atoms with Crippen LogP contribution in [-0.2, 0) is 10.0 Å². The maximum atomic E-state index is 11.4. The molecule has 0 bridgehead atoms. The summed E-state index contributed by atoms with van der Waals surface area (Å²) in [4.78, 5) is 0. The SMILES string of the molecule is CC(CO)N1CCCCS1(=O)=O. The van der Waals surface area contributed by atoms with Crippen molar-refractivity contribution < 1.29 is 13.5 Å². The van der Waals surface area contributed by atoms with Gasteiger partial charge in [-0.05, 0) is 19.8 Å². The van der Waals surface area contributed by atoms with Crippen molar-refractivity contribution in [2.45, 2.75) is 25.8 Å². The first-order chi connectivity index (χ1) is 5.58. The first kappa shape index (κ1) is 9.95. The molecule has 5 heteroatoms. The average Bonchev–Trinajstić information content (AvgIpc) is 2.02. The second-order valence-electron chi connectivity index (χ2n) is 3.17. The zero-order chi connectivity index (χ0) is 9.19. The van der Waals surface area contributed by atoms with Gasteiger partial charge in [-0.2, -0.15) is 4.31 Å². The summed E-state index contributed by atoms with van der Waals surface area (Å²) < 4.78 is 24.2. The zero-order valence-electron chi connectivity index (χ0n) is 7.23. The van der Waals surface area contributed by atoms with Crippen LogP contribution in [0.25, 0.3) is 0 Å². The van der Waals surface area contributed by atoms with Crippen molar-refractivity contribution in [1.82, 2.24) is 4.31 Å². The summed E-state index contributed by atoms with van der Waals surface area (Å²) in [6.07, 6.45) is 1.65. The maximum Gasteiger partial charge on any atom is 0.214 e. The van der Waals surface area contributed by atoms with Crippen molar-refractivity contribution in [2.24, 2.45) is 0 Å². The second-order valence-corrected chi connectivity index (χ2v) is 5.21. The zero-order valence-corrected chi connectivity index (χ0v) is 8.05. The summed E-state index contributed by atoms with van der Waals surface area (Å²) >= 11 is 0. The predicted octanol–water partition coefficient (Wildman–Crippen LogP) is -0.207. The molecule has 4 nitrogen and oxygen atoms in total. The highest BCUT2D eigenvalue weighted by Crippen LogP contribution is 2.16. The number of aliphatic hydroxyl groups excluding tert-OH is 1. The molecule has 1 aliphatic rings. The normalized spacial score (nSPS) is 26.8. The van der Waals surface area contributed by atoms with E-state index in [4.69, 9.17) is 5.11 Å². The lowest BCUT2D eigenvalue weighted by Crippen LogP contribution is -2.45. The van der Waals surface area contributed by atoms with Gasteiger partial charge in [0, 0.05) is 12.6 Å². The van der Waals surface area contributed by atoms with Crippen LogP contribution < -0.4 is 0 Å². The molecule has 1 rings (SSSR count). The fraction of sp³-hybridized carbons (Fsp3) is 1.00. The van der Waals surface area contributed by atoms with Crippen LogP contribution in [0.4, 0.5) is 0 Å². The van der Waals surface area contributed by atoms with Crippen LogP contribution in [0.3, 0.4) is 0 Å². The van der Waals surface area contributed by atoms with E-state index in [1.54, 1.807) is 6.92 Å². The van der Waals surface area contributed by atoms with Gasteiger partial charge in [-0.25, -0.2) is 8.42 Å². The van der Waals surface area contributed by atoms with Crippen LogP contribution in [0, 0.1) is 0 Å². The molecule has 12 heavy (non-hydrogen) atoms. The fourth-order valence-corrected chi connectivity index (χ4v) is 3.22. The third-order valence-electron chi connectivity index (χ3n) is 2.14. The molecule has 0 saturated carbocycles. The van der Waals surface area contributed by atoms with Gasteiger partial charge in [0.05, 0.1) is 12.4 Å². The molecule has 0 aromatic rings. The van der Waals surface area contributed by atoms with E-state index in [-0.39, 0.29) is 18.4 Å². The third kappa shape index (κ3) is 1.97. The van der Waals surface area contributed by atoms with Gasteiger partial charge in [0.2, 0.25) is 10.0 Å². The van der Waals surface area contributed by atoms with E-state index in [1.165, 1.54) is 4.31 Å². The monoisotopic (exact) mass is 193 g/mol. The van der Waals surface area contributed by atoms with Crippen LogP contribution in [0.2, 0.25) is 0 Å². The van der Waals surface area contributed by atoms with E-state index >= 15 is 0 Å². The fourth-order valence-electron chi connectivity index (χ4n) is 1.39. The van der Waals surface area contributed by atoms with Crippen LogP contribution in [0.5, 0.6) is 0 Å². The Morgan fingerprint density at radius 3 is 2.67 bits per heavy atom. The Bertz CT molecular complexity index is 237. The van der Waals surface area contributed by atoms with Crippen molar-refractivity contribution in [3.63, 3.8) is 0 Å². The molecule has 0 amide bonds. The summed E-state index contributed by atoms with van der Waals surface area (Å²) in [5.41, 5.74) is 0. The highest BCUT2D eigenvalue weighted by molar-refractivity contribution is 7.89. The van der Waals surface area contributed by atoms with Gasteiger partial charge < -0.3 is 5.11 Å². The molecule has 72 valence electrons. The Morgan fingerprint density at radius 1 is 1.50 bits per heavy atom. The minimum Gasteiger partial charge on any atom is -0.395 e. The molecule has 0 aromatic heterocycles. The first-order valence-corrected chi connectivity index (χ1v) is 5.79. The van der Waals surface area contributed by atoms with Gasteiger partial charge in [-0.1, -0.05) is 0 Å². The van der Waals surface area contributed by atoms with Gasteiger partial charge in [0.1, 0.15) is 0 Å². The van der Waals surface area contributed by atoms with Crippen LogP contribution in [-0.4, -0.2) is 42.8 Å². The molecule has 1 atom stereocenters. The van der Waals surface area contributed by atoms with Gasteiger partial charge in [-0.15, -0.1) is 0 Å². The van der Waals surface area contributed by atoms with Crippen molar-refractivity contribution in [3.8, 4) is 0 Å². The Hall–Kier alpha value is -0.130. The Balaban J connectivity index is 2.73. The molecule has 1 fully saturated rings. The molecule has 1 unspecified atom stereocenters. The van der Waals surface area contributed by atoms with Gasteiger partial charge >= 0.3 is 0 Å². The lowest BCUT2D eigenvalue weighted by atomic mass is 10.3. The second kappa shape index (κ2) is 3.72. The summed E-state index contributed by atoms with van der Waals surface area (Å²) in [6.45, 7) is 2.19. The number of hydrogen-bond acceptors (Lipinski definition) is 3. The minimum absolute atomic E-state index is 0.0980. The predicted molar refractivity (Wildman–Crippen MR) is 46.3 cm³/mol. The quantitative estimate of drug-likeness (QED) is 0.660.